The molecule has 3 unspecified atom stereocenters. The van der Waals surface area contributed by atoms with Gasteiger partial charge >= 0.3 is 0 Å². The van der Waals surface area contributed by atoms with Crippen LogP contribution in [0, 0.1) is 11.3 Å². The van der Waals surface area contributed by atoms with Gasteiger partial charge in [-0.1, -0.05) is 33.6 Å². The van der Waals surface area contributed by atoms with Gasteiger partial charge in [-0.3, -0.25) is 4.79 Å². The van der Waals surface area contributed by atoms with Crippen LogP contribution in [0.15, 0.2) is 0 Å². The highest BCUT2D eigenvalue weighted by atomic mass is 16.3. The van der Waals surface area contributed by atoms with Crippen molar-refractivity contribution in [3.63, 3.8) is 0 Å². The maximum Gasteiger partial charge on any atom is 0.222 e. The molecule has 0 bridgehead atoms. The topological polar surface area (TPSA) is 40.5 Å². The molecule has 3 atom stereocenters. The van der Waals surface area contributed by atoms with E-state index >= 15 is 0 Å². The minimum Gasteiger partial charge on any atom is -0.393 e. The molecular formula is C17H31NO2. The van der Waals surface area contributed by atoms with Crippen LogP contribution in [-0.2, 0) is 4.79 Å². The Morgan fingerprint density at radius 1 is 1.25 bits per heavy atom. The van der Waals surface area contributed by atoms with Gasteiger partial charge in [-0.2, -0.15) is 0 Å². The fourth-order valence-corrected chi connectivity index (χ4v) is 4.00. The Morgan fingerprint density at radius 2 is 2.00 bits per heavy atom. The highest BCUT2D eigenvalue weighted by molar-refractivity contribution is 5.76. The standard InChI is InChI=1S/C17H31NO2/c1-4-17(2,3)14-10-9-13(19)12-15(14)18-11-7-5-6-8-16(18)20/h13-15,19H,4-12H2,1-3H3. The van der Waals surface area contributed by atoms with Gasteiger partial charge in [0.15, 0.2) is 0 Å². The Bertz CT molecular complexity index is 340. The first-order chi connectivity index (χ1) is 9.45. The molecule has 3 heteroatoms. The van der Waals surface area contributed by atoms with E-state index in [1.165, 1.54) is 6.42 Å². The maximum atomic E-state index is 12.4. The molecule has 116 valence electrons. The van der Waals surface area contributed by atoms with Crippen molar-refractivity contribution in [1.82, 2.24) is 4.90 Å². The van der Waals surface area contributed by atoms with Crippen molar-refractivity contribution in [2.24, 2.45) is 11.3 Å². The van der Waals surface area contributed by atoms with Crippen LogP contribution < -0.4 is 0 Å². The molecule has 0 aromatic heterocycles. The lowest BCUT2D eigenvalue weighted by Gasteiger charge is -2.48. The molecule has 1 saturated carbocycles. The maximum absolute atomic E-state index is 12.4. The SMILES string of the molecule is CCC(C)(C)C1CCC(O)CC1N1CCCCCC1=O. The number of nitrogens with zero attached hydrogens (tertiary/aromatic N) is 1. The molecule has 2 aliphatic rings. The van der Waals surface area contributed by atoms with E-state index in [9.17, 15) is 9.90 Å². The number of hydrogen-bond acceptors (Lipinski definition) is 2. The van der Waals surface area contributed by atoms with E-state index in [0.29, 0.717) is 18.2 Å². The summed E-state index contributed by atoms with van der Waals surface area (Å²) in [4.78, 5) is 14.5. The zero-order valence-electron chi connectivity index (χ0n) is 13.4. The van der Waals surface area contributed by atoms with Crippen LogP contribution in [0.2, 0.25) is 0 Å². The molecule has 1 N–H and O–H groups in total. The first kappa shape index (κ1) is 15.8. The summed E-state index contributed by atoms with van der Waals surface area (Å²) in [6.45, 7) is 7.79. The van der Waals surface area contributed by atoms with Crippen molar-refractivity contribution in [2.75, 3.05) is 6.54 Å². The zero-order chi connectivity index (χ0) is 14.8. The minimum atomic E-state index is -0.222. The molecule has 20 heavy (non-hydrogen) atoms. The summed E-state index contributed by atoms with van der Waals surface area (Å²) in [7, 11) is 0. The van der Waals surface area contributed by atoms with Crippen molar-refractivity contribution < 1.29 is 9.90 Å². The predicted octanol–water partition coefficient (Wildman–Crippen LogP) is 3.35. The normalized spacial score (nSPS) is 33.1. The lowest BCUT2D eigenvalue weighted by atomic mass is 9.66. The first-order valence-corrected chi connectivity index (χ1v) is 8.43. The number of amides is 1. The van der Waals surface area contributed by atoms with Gasteiger partial charge in [-0.25, -0.2) is 0 Å². The molecule has 2 fully saturated rings. The van der Waals surface area contributed by atoms with Gasteiger partial charge in [-0.15, -0.1) is 0 Å². The van der Waals surface area contributed by atoms with E-state index in [4.69, 9.17) is 0 Å². The smallest absolute Gasteiger partial charge is 0.222 e. The molecule has 1 heterocycles. The second kappa shape index (κ2) is 6.46. The number of hydrogen-bond donors (Lipinski definition) is 1. The second-order valence-electron chi connectivity index (χ2n) is 7.38. The van der Waals surface area contributed by atoms with E-state index in [2.05, 4.69) is 25.7 Å². The number of rotatable bonds is 3. The van der Waals surface area contributed by atoms with Crippen LogP contribution in [0.3, 0.4) is 0 Å². The molecule has 1 saturated heterocycles. The van der Waals surface area contributed by atoms with Gasteiger partial charge in [-0.05, 0) is 43.4 Å². The van der Waals surface area contributed by atoms with Gasteiger partial charge in [0.25, 0.3) is 0 Å². The Kier molecular flexibility index (Phi) is 5.11. The van der Waals surface area contributed by atoms with Gasteiger partial charge in [0.2, 0.25) is 5.91 Å². The summed E-state index contributed by atoms with van der Waals surface area (Å²) in [5, 5.41) is 10.1. The summed E-state index contributed by atoms with van der Waals surface area (Å²) in [6.07, 6.45) is 7.66. The average Bonchev–Trinajstić information content (AvgIpc) is 2.63. The van der Waals surface area contributed by atoms with E-state index < -0.39 is 0 Å². The Labute approximate surface area is 123 Å². The van der Waals surface area contributed by atoms with Crippen molar-refractivity contribution in [3.05, 3.63) is 0 Å². The van der Waals surface area contributed by atoms with Crippen LogP contribution >= 0.6 is 0 Å². The molecule has 0 aromatic carbocycles. The summed E-state index contributed by atoms with van der Waals surface area (Å²) >= 11 is 0. The number of carbonyl (C=O) groups excluding carboxylic acids is 1. The van der Waals surface area contributed by atoms with Gasteiger partial charge in [0.05, 0.1) is 6.10 Å². The van der Waals surface area contributed by atoms with Crippen molar-refractivity contribution in [2.45, 2.75) is 84.3 Å². The van der Waals surface area contributed by atoms with Crippen molar-refractivity contribution in [3.8, 4) is 0 Å². The van der Waals surface area contributed by atoms with Crippen LogP contribution in [0.5, 0.6) is 0 Å². The fourth-order valence-electron chi connectivity index (χ4n) is 4.00. The summed E-state index contributed by atoms with van der Waals surface area (Å²) < 4.78 is 0. The molecule has 0 spiro atoms. The van der Waals surface area contributed by atoms with Gasteiger partial charge in [0, 0.05) is 19.0 Å². The Morgan fingerprint density at radius 3 is 2.70 bits per heavy atom. The highest BCUT2D eigenvalue weighted by Gasteiger charge is 2.42. The van der Waals surface area contributed by atoms with E-state index in [-0.39, 0.29) is 17.6 Å². The average molecular weight is 281 g/mol. The molecule has 1 amide bonds. The highest BCUT2D eigenvalue weighted by Crippen LogP contribution is 2.43. The largest absolute Gasteiger partial charge is 0.393 e. The molecule has 0 radical (unpaired) electrons. The van der Waals surface area contributed by atoms with Crippen molar-refractivity contribution in [1.29, 1.82) is 0 Å². The van der Waals surface area contributed by atoms with Crippen LogP contribution in [-0.4, -0.2) is 34.6 Å². The number of carbonyl (C=O) groups is 1. The molecule has 0 aromatic rings. The monoisotopic (exact) mass is 281 g/mol. The molecule has 2 rings (SSSR count). The molecule has 3 nitrogen and oxygen atoms in total. The number of aliphatic hydroxyl groups is 1. The summed E-state index contributed by atoms with van der Waals surface area (Å²) in [5.74, 6) is 0.844. The minimum absolute atomic E-state index is 0.222. The first-order valence-electron chi connectivity index (χ1n) is 8.43. The van der Waals surface area contributed by atoms with Gasteiger partial charge < -0.3 is 10.0 Å². The lowest BCUT2D eigenvalue weighted by molar-refractivity contribution is -0.138. The van der Waals surface area contributed by atoms with Gasteiger partial charge in [0.1, 0.15) is 0 Å². The quantitative estimate of drug-likeness (QED) is 0.861. The third-order valence-corrected chi connectivity index (χ3v) is 5.71. The molecular weight excluding hydrogens is 250 g/mol. The zero-order valence-corrected chi connectivity index (χ0v) is 13.4. The van der Waals surface area contributed by atoms with E-state index in [1.807, 2.05) is 0 Å². The van der Waals surface area contributed by atoms with Crippen LogP contribution in [0.25, 0.3) is 0 Å². The molecule has 1 aliphatic carbocycles. The van der Waals surface area contributed by atoms with E-state index in [0.717, 1.165) is 45.1 Å². The number of aliphatic hydroxyl groups excluding tert-OH is 1. The second-order valence-corrected chi connectivity index (χ2v) is 7.38. The lowest BCUT2D eigenvalue weighted by Crippen LogP contribution is -2.52. The summed E-state index contributed by atoms with van der Waals surface area (Å²) in [6, 6.07) is 0.249. The Balaban J connectivity index is 2.20. The molecule has 1 aliphatic heterocycles. The van der Waals surface area contributed by atoms with Crippen LogP contribution in [0.1, 0.15) is 72.1 Å². The fraction of sp³-hybridized carbons (Fsp3) is 0.941. The van der Waals surface area contributed by atoms with Crippen molar-refractivity contribution >= 4 is 5.91 Å². The number of likely N-dealkylation sites (tertiary alicyclic amines) is 1. The Hall–Kier alpha value is -0.570. The van der Waals surface area contributed by atoms with Crippen LogP contribution in [0.4, 0.5) is 0 Å². The summed E-state index contributed by atoms with van der Waals surface area (Å²) in [5.41, 5.74) is 0.247. The van der Waals surface area contributed by atoms with E-state index in [1.54, 1.807) is 0 Å². The third-order valence-electron chi connectivity index (χ3n) is 5.71. The predicted molar refractivity (Wildman–Crippen MR) is 81.4 cm³/mol. The third kappa shape index (κ3) is 3.36.